The zero-order valence-corrected chi connectivity index (χ0v) is 8.42. The van der Waals surface area contributed by atoms with Crippen LogP contribution in [0.15, 0.2) is 24.3 Å². The number of hydrogen-bond donors (Lipinski definition) is 0. The average molecular weight is 177 g/mol. The van der Waals surface area contributed by atoms with Gasteiger partial charge in [0.25, 0.3) is 0 Å². The van der Waals surface area contributed by atoms with Crippen LogP contribution in [0, 0.1) is 0 Å². The second-order valence-electron chi connectivity index (χ2n) is 3.35. The molecule has 0 N–H and O–H groups in total. The number of hydrogen-bond acceptors (Lipinski definition) is 0. The Morgan fingerprint density at radius 3 is 2.54 bits per heavy atom. The molecule has 1 unspecified atom stereocenters. The van der Waals surface area contributed by atoms with Crippen molar-refractivity contribution in [2.24, 2.45) is 0 Å². The lowest BCUT2D eigenvalue weighted by molar-refractivity contribution is 0.0849. The Balaban J connectivity index is 2.90. The first-order valence-corrected chi connectivity index (χ1v) is 5.03. The summed E-state index contributed by atoms with van der Waals surface area (Å²) in [4.78, 5) is 0. The van der Waals surface area contributed by atoms with Crippen LogP contribution in [0.4, 0.5) is 0 Å². The molecule has 0 saturated carbocycles. The summed E-state index contributed by atoms with van der Waals surface area (Å²) in [6.45, 7) is 4.09. The second kappa shape index (κ2) is 5.03. The van der Waals surface area contributed by atoms with Crippen molar-refractivity contribution in [3.63, 3.8) is 0 Å². The van der Waals surface area contributed by atoms with Gasteiger partial charge in [-0.05, 0) is 24.0 Å². The van der Waals surface area contributed by atoms with E-state index < -0.39 is 6.10 Å². The molecule has 1 aromatic rings. The molecule has 0 aliphatic carbocycles. The van der Waals surface area contributed by atoms with Crippen molar-refractivity contribution >= 4 is 0 Å². The maximum Gasteiger partial charge on any atom is 0.118 e. The molecule has 1 atom stereocenters. The topological polar surface area (TPSA) is 19.9 Å². The number of aryl methyl sites for hydroxylation is 1. The van der Waals surface area contributed by atoms with E-state index in [0.29, 0.717) is 6.42 Å². The molecule has 0 aliphatic rings. The molecule has 0 heterocycles. The molecule has 0 aliphatic heterocycles. The van der Waals surface area contributed by atoms with Gasteiger partial charge >= 0.3 is 0 Å². The molecule has 13 heavy (non-hydrogen) atoms. The fourth-order valence-corrected chi connectivity index (χ4v) is 1.57. The van der Waals surface area contributed by atoms with E-state index in [1.54, 1.807) is 0 Å². The maximum absolute atomic E-state index is 11.6. The molecule has 0 amide bonds. The molecule has 0 spiro atoms. The van der Waals surface area contributed by atoms with Gasteiger partial charge in [0.2, 0.25) is 0 Å². The number of rotatable bonds is 4. The molecule has 1 radical (unpaired) electrons. The van der Waals surface area contributed by atoms with Crippen molar-refractivity contribution in [2.45, 2.75) is 39.2 Å². The van der Waals surface area contributed by atoms with Gasteiger partial charge in [0.1, 0.15) is 6.10 Å². The van der Waals surface area contributed by atoms with E-state index in [4.69, 9.17) is 0 Å². The Bertz CT molecular complexity index is 255. The Morgan fingerprint density at radius 1 is 1.23 bits per heavy atom. The van der Waals surface area contributed by atoms with Gasteiger partial charge in [-0.15, -0.1) is 0 Å². The van der Waals surface area contributed by atoms with Gasteiger partial charge in [-0.25, -0.2) is 5.11 Å². The summed E-state index contributed by atoms with van der Waals surface area (Å²) in [7, 11) is 0. The summed E-state index contributed by atoms with van der Waals surface area (Å²) in [6.07, 6.45) is 2.27. The fraction of sp³-hybridized carbons (Fsp3) is 0.500. The third-order valence-corrected chi connectivity index (χ3v) is 2.29. The van der Waals surface area contributed by atoms with Gasteiger partial charge in [0, 0.05) is 0 Å². The van der Waals surface area contributed by atoms with Crippen LogP contribution in [-0.4, -0.2) is 0 Å². The highest BCUT2D eigenvalue weighted by molar-refractivity contribution is 5.28. The van der Waals surface area contributed by atoms with Crippen LogP contribution in [-0.2, 0) is 11.5 Å². The SMILES string of the molecule is CCCc1ccccc1C([O])CC. The van der Waals surface area contributed by atoms with E-state index in [9.17, 15) is 5.11 Å². The van der Waals surface area contributed by atoms with Crippen LogP contribution >= 0.6 is 0 Å². The molecule has 1 rings (SSSR count). The Morgan fingerprint density at radius 2 is 1.92 bits per heavy atom. The lowest BCUT2D eigenvalue weighted by Crippen LogP contribution is -1.99. The van der Waals surface area contributed by atoms with Crippen molar-refractivity contribution in [3.8, 4) is 0 Å². The smallest absolute Gasteiger partial charge is 0.118 e. The van der Waals surface area contributed by atoms with Crippen molar-refractivity contribution in [1.29, 1.82) is 0 Å². The quantitative estimate of drug-likeness (QED) is 0.670. The van der Waals surface area contributed by atoms with Gasteiger partial charge in [0.05, 0.1) is 0 Å². The standard InChI is InChI=1S/C12H17O/c1-3-7-10-8-5-6-9-11(10)12(13)4-2/h5-6,8-9,12H,3-4,7H2,1-2H3. The Kier molecular flexibility index (Phi) is 3.97. The van der Waals surface area contributed by atoms with Crippen LogP contribution in [0.25, 0.3) is 0 Å². The summed E-state index contributed by atoms with van der Waals surface area (Å²) < 4.78 is 0. The van der Waals surface area contributed by atoms with E-state index >= 15 is 0 Å². The Labute approximate surface area is 80.4 Å². The third kappa shape index (κ3) is 2.56. The first kappa shape index (κ1) is 10.3. The van der Waals surface area contributed by atoms with Crippen LogP contribution in [0.1, 0.15) is 43.9 Å². The summed E-state index contributed by atoms with van der Waals surface area (Å²) in [5.74, 6) is 0. The predicted molar refractivity (Wildman–Crippen MR) is 54.2 cm³/mol. The van der Waals surface area contributed by atoms with E-state index in [1.807, 2.05) is 25.1 Å². The minimum absolute atomic E-state index is 0.539. The summed E-state index contributed by atoms with van der Waals surface area (Å²) in [5.41, 5.74) is 2.22. The molecule has 71 valence electrons. The average Bonchev–Trinajstić information content (AvgIpc) is 2.18. The molecule has 0 fully saturated rings. The van der Waals surface area contributed by atoms with Crippen LogP contribution < -0.4 is 0 Å². The van der Waals surface area contributed by atoms with Gasteiger partial charge < -0.3 is 0 Å². The van der Waals surface area contributed by atoms with E-state index in [1.165, 1.54) is 5.56 Å². The van der Waals surface area contributed by atoms with E-state index in [0.717, 1.165) is 18.4 Å². The summed E-state index contributed by atoms with van der Waals surface area (Å²) >= 11 is 0. The highest BCUT2D eigenvalue weighted by Gasteiger charge is 2.10. The largest absolute Gasteiger partial charge is 0.228 e. The van der Waals surface area contributed by atoms with Crippen LogP contribution in [0.3, 0.4) is 0 Å². The van der Waals surface area contributed by atoms with Crippen LogP contribution in [0.2, 0.25) is 0 Å². The normalized spacial score (nSPS) is 12.8. The highest BCUT2D eigenvalue weighted by Crippen LogP contribution is 2.22. The monoisotopic (exact) mass is 177 g/mol. The van der Waals surface area contributed by atoms with Crippen molar-refractivity contribution in [3.05, 3.63) is 35.4 Å². The second-order valence-corrected chi connectivity index (χ2v) is 3.35. The minimum Gasteiger partial charge on any atom is -0.228 e. The van der Waals surface area contributed by atoms with Crippen molar-refractivity contribution in [1.82, 2.24) is 0 Å². The van der Waals surface area contributed by atoms with Gasteiger partial charge in [-0.1, -0.05) is 44.5 Å². The number of benzene rings is 1. The van der Waals surface area contributed by atoms with Crippen molar-refractivity contribution in [2.75, 3.05) is 0 Å². The molecular formula is C12H17O. The third-order valence-electron chi connectivity index (χ3n) is 2.29. The molecule has 0 bridgehead atoms. The molecule has 1 aromatic carbocycles. The van der Waals surface area contributed by atoms with Gasteiger partial charge in [0.15, 0.2) is 0 Å². The van der Waals surface area contributed by atoms with Crippen LogP contribution in [0.5, 0.6) is 0 Å². The molecular weight excluding hydrogens is 160 g/mol. The minimum atomic E-state index is -0.539. The molecule has 1 heteroatoms. The first-order valence-electron chi connectivity index (χ1n) is 5.03. The lowest BCUT2D eigenvalue weighted by atomic mass is 9.98. The Hall–Kier alpha value is -0.820. The molecule has 0 aromatic heterocycles. The van der Waals surface area contributed by atoms with E-state index in [-0.39, 0.29) is 0 Å². The predicted octanol–water partition coefficient (Wildman–Crippen LogP) is 3.52. The summed E-state index contributed by atoms with van der Waals surface area (Å²) in [6, 6.07) is 8.00. The van der Waals surface area contributed by atoms with Gasteiger partial charge in [-0.2, -0.15) is 0 Å². The first-order chi connectivity index (χ1) is 6.29. The summed E-state index contributed by atoms with van der Waals surface area (Å²) in [5, 5.41) is 11.6. The zero-order chi connectivity index (χ0) is 9.68. The molecule has 0 saturated heterocycles. The van der Waals surface area contributed by atoms with Gasteiger partial charge in [-0.3, -0.25) is 0 Å². The zero-order valence-electron chi connectivity index (χ0n) is 8.42. The van der Waals surface area contributed by atoms with E-state index in [2.05, 4.69) is 13.0 Å². The molecule has 1 nitrogen and oxygen atoms in total. The van der Waals surface area contributed by atoms with Crippen molar-refractivity contribution < 1.29 is 5.11 Å². The highest BCUT2D eigenvalue weighted by atomic mass is 16.3. The fourth-order valence-electron chi connectivity index (χ4n) is 1.57. The lowest BCUT2D eigenvalue weighted by Gasteiger charge is -2.11. The maximum atomic E-state index is 11.6.